The van der Waals surface area contributed by atoms with Crippen molar-refractivity contribution in [1.82, 2.24) is 9.56 Å². The Morgan fingerprint density at radius 3 is 2.71 bits per heavy atom. The van der Waals surface area contributed by atoms with E-state index in [0.29, 0.717) is 19.8 Å². The molecule has 0 unspecified atom stereocenters. The lowest BCUT2D eigenvalue weighted by Gasteiger charge is -2.11. The van der Waals surface area contributed by atoms with Crippen molar-refractivity contribution in [2.75, 3.05) is 51.9 Å². The van der Waals surface area contributed by atoms with Crippen molar-refractivity contribution in [1.29, 1.82) is 0 Å². The highest BCUT2D eigenvalue weighted by atomic mass is 16.5. The van der Waals surface area contributed by atoms with Crippen LogP contribution in [0.2, 0.25) is 0 Å². The molecule has 1 N–H and O–H groups in total. The highest BCUT2D eigenvalue weighted by molar-refractivity contribution is 5.81. The van der Waals surface area contributed by atoms with E-state index in [0.717, 1.165) is 53.2 Å². The molecule has 3 rings (SSSR count). The summed E-state index contributed by atoms with van der Waals surface area (Å²) in [7, 11) is 1.68. The molecular weight excluding hydrogens is 354 g/mol. The van der Waals surface area contributed by atoms with Gasteiger partial charge in [-0.2, -0.15) is 0 Å². The predicted molar refractivity (Wildman–Crippen MR) is 113 cm³/mol. The number of benzene rings is 2. The third-order valence-electron chi connectivity index (χ3n) is 4.76. The summed E-state index contributed by atoms with van der Waals surface area (Å²) in [6.45, 7) is 10.8. The van der Waals surface area contributed by atoms with E-state index in [1.54, 1.807) is 7.11 Å². The number of fused-ring (bicyclic) bond motifs is 2. The SMILES string of the molecule is CCNc1cc2oc3c/c(=[N+](\CC)CCOCCOC)ccc-3nc2cc1C. The summed E-state index contributed by atoms with van der Waals surface area (Å²) >= 11 is 0. The molecule has 0 saturated carbocycles. The van der Waals surface area contributed by atoms with Gasteiger partial charge in [-0.05, 0) is 38.5 Å². The molecule has 1 aliphatic carbocycles. The molecule has 0 bridgehead atoms. The highest BCUT2D eigenvalue weighted by Crippen LogP contribution is 2.27. The van der Waals surface area contributed by atoms with Gasteiger partial charge in [0.2, 0.25) is 5.36 Å². The number of nitrogens with one attached hydrogen (secondary N) is 1. The highest BCUT2D eigenvalue weighted by Gasteiger charge is 2.13. The van der Waals surface area contributed by atoms with Crippen molar-refractivity contribution < 1.29 is 13.9 Å². The Kier molecular flexibility index (Phi) is 7.01. The first-order valence-corrected chi connectivity index (χ1v) is 9.90. The van der Waals surface area contributed by atoms with E-state index in [1.807, 2.05) is 12.1 Å². The maximum atomic E-state index is 6.20. The third-order valence-corrected chi connectivity index (χ3v) is 4.76. The fraction of sp³-hybridized carbons (Fsp3) is 0.455. The minimum Gasteiger partial charge on any atom is -0.452 e. The van der Waals surface area contributed by atoms with Crippen LogP contribution in [-0.2, 0) is 9.47 Å². The normalized spacial score (nSPS) is 12.6. The summed E-state index contributed by atoms with van der Waals surface area (Å²) in [6, 6.07) is 10.3. The first-order valence-electron chi connectivity index (χ1n) is 9.90. The first-order chi connectivity index (χ1) is 13.7. The third kappa shape index (κ3) is 4.69. The predicted octanol–water partition coefficient (Wildman–Crippen LogP) is 3.13. The molecule has 1 aliphatic heterocycles. The number of hydrogen-bond donors (Lipinski definition) is 1. The quantitative estimate of drug-likeness (QED) is 0.349. The van der Waals surface area contributed by atoms with E-state index in [-0.39, 0.29) is 0 Å². The van der Waals surface area contributed by atoms with Gasteiger partial charge in [0.15, 0.2) is 17.9 Å². The van der Waals surface area contributed by atoms with Crippen LogP contribution in [0.3, 0.4) is 0 Å². The molecule has 0 spiro atoms. The van der Waals surface area contributed by atoms with Crippen LogP contribution in [0.5, 0.6) is 0 Å². The van der Waals surface area contributed by atoms with Crippen molar-refractivity contribution in [3.8, 4) is 11.5 Å². The van der Waals surface area contributed by atoms with Crippen molar-refractivity contribution in [2.45, 2.75) is 20.8 Å². The molecule has 0 atom stereocenters. The second-order valence-corrected chi connectivity index (χ2v) is 6.72. The smallest absolute Gasteiger partial charge is 0.203 e. The second kappa shape index (κ2) is 9.66. The fourth-order valence-electron chi connectivity index (χ4n) is 3.23. The van der Waals surface area contributed by atoms with E-state index in [1.165, 1.54) is 5.56 Å². The number of likely N-dealkylation sites (N-methyl/N-ethyl adjacent to an activating group) is 1. The second-order valence-electron chi connectivity index (χ2n) is 6.72. The lowest BCUT2D eigenvalue weighted by atomic mass is 10.1. The van der Waals surface area contributed by atoms with Crippen LogP contribution in [-0.4, -0.2) is 51.5 Å². The van der Waals surface area contributed by atoms with Crippen molar-refractivity contribution >= 4 is 16.8 Å². The van der Waals surface area contributed by atoms with Crippen LogP contribution in [0.25, 0.3) is 22.6 Å². The monoisotopic (exact) mass is 384 g/mol. The average molecular weight is 385 g/mol. The van der Waals surface area contributed by atoms with E-state index in [9.17, 15) is 0 Å². The van der Waals surface area contributed by atoms with Crippen molar-refractivity contribution in [3.05, 3.63) is 41.3 Å². The maximum absolute atomic E-state index is 6.20. The molecule has 150 valence electrons. The van der Waals surface area contributed by atoms with Gasteiger partial charge in [0.05, 0.1) is 19.3 Å². The number of rotatable bonds is 9. The van der Waals surface area contributed by atoms with Crippen LogP contribution >= 0.6 is 0 Å². The molecule has 1 heterocycles. The first kappa shape index (κ1) is 20.3. The summed E-state index contributed by atoms with van der Waals surface area (Å²) in [5, 5.41) is 4.48. The summed E-state index contributed by atoms with van der Waals surface area (Å²) in [6.07, 6.45) is 0. The number of aryl methyl sites for hydroxylation is 1. The van der Waals surface area contributed by atoms with Crippen LogP contribution in [0.1, 0.15) is 19.4 Å². The Labute approximate surface area is 166 Å². The van der Waals surface area contributed by atoms with Gasteiger partial charge in [0.25, 0.3) is 0 Å². The minimum absolute atomic E-state index is 0.616. The molecule has 1 aromatic carbocycles. The largest absolute Gasteiger partial charge is 0.452 e. The molecule has 0 aromatic heterocycles. The zero-order chi connectivity index (χ0) is 19.9. The zero-order valence-corrected chi connectivity index (χ0v) is 17.2. The number of anilines is 1. The molecule has 0 radical (unpaired) electrons. The van der Waals surface area contributed by atoms with Gasteiger partial charge in [0, 0.05) is 31.5 Å². The number of methoxy groups -OCH3 is 1. The topological polar surface area (TPSA) is 59.5 Å². The van der Waals surface area contributed by atoms with E-state index in [4.69, 9.17) is 18.9 Å². The molecule has 0 saturated heterocycles. The van der Waals surface area contributed by atoms with Crippen LogP contribution in [0.15, 0.2) is 34.7 Å². The van der Waals surface area contributed by atoms with Gasteiger partial charge in [-0.25, -0.2) is 9.56 Å². The standard InChI is InChI=1S/C22H29N3O3/c1-5-23-19-15-22-20(13-16(19)3)24-18-8-7-17(14-21(18)28-22)25(6-2)9-10-27-12-11-26-4/h7-8,13-15H,5-6,9-12H2,1-4H3/p+1. The molecule has 0 fully saturated rings. The average Bonchev–Trinajstić information content (AvgIpc) is 2.70. The van der Waals surface area contributed by atoms with E-state index < -0.39 is 0 Å². The van der Waals surface area contributed by atoms with E-state index >= 15 is 0 Å². The summed E-state index contributed by atoms with van der Waals surface area (Å²) in [4.78, 5) is 4.78. The molecule has 6 nitrogen and oxygen atoms in total. The number of nitrogens with zero attached hydrogens (tertiary/aromatic N) is 2. The Morgan fingerprint density at radius 2 is 1.96 bits per heavy atom. The Bertz CT molecular complexity index is 965. The molecule has 2 aliphatic rings. The number of hydrogen-bond acceptors (Lipinski definition) is 5. The molecule has 1 aromatic rings. The molecule has 0 amide bonds. The zero-order valence-electron chi connectivity index (χ0n) is 17.2. The van der Waals surface area contributed by atoms with Crippen molar-refractivity contribution in [2.24, 2.45) is 0 Å². The molecular formula is C22H30N3O3+. The van der Waals surface area contributed by atoms with Gasteiger partial charge in [0.1, 0.15) is 24.4 Å². The van der Waals surface area contributed by atoms with Crippen molar-refractivity contribution in [3.63, 3.8) is 0 Å². The Balaban J connectivity index is 1.95. The summed E-state index contributed by atoms with van der Waals surface area (Å²) in [5.41, 5.74) is 4.77. The lowest BCUT2D eigenvalue weighted by Crippen LogP contribution is -2.33. The minimum atomic E-state index is 0.616. The van der Waals surface area contributed by atoms with Crippen LogP contribution in [0, 0.1) is 6.92 Å². The molecule has 28 heavy (non-hydrogen) atoms. The number of ether oxygens (including phenoxy) is 2. The van der Waals surface area contributed by atoms with Crippen LogP contribution in [0.4, 0.5) is 5.69 Å². The van der Waals surface area contributed by atoms with Gasteiger partial charge in [-0.3, -0.25) is 0 Å². The summed E-state index contributed by atoms with van der Waals surface area (Å²) < 4.78 is 19.1. The van der Waals surface area contributed by atoms with Gasteiger partial charge in [-0.1, -0.05) is 0 Å². The van der Waals surface area contributed by atoms with Gasteiger partial charge in [-0.15, -0.1) is 0 Å². The number of aromatic nitrogens is 1. The fourth-order valence-corrected chi connectivity index (χ4v) is 3.23. The Morgan fingerprint density at radius 1 is 1.11 bits per heavy atom. The maximum Gasteiger partial charge on any atom is 0.203 e. The lowest BCUT2D eigenvalue weighted by molar-refractivity contribution is 0.0702. The van der Waals surface area contributed by atoms with Gasteiger partial charge < -0.3 is 19.2 Å². The van der Waals surface area contributed by atoms with Crippen LogP contribution < -0.4 is 15.2 Å². The Hall–Kier alpha value is -2.44. The van der Waals surface area contributed by atoms with Gasteiger partial charge >= 0.3 is 0 Å². The summed E-state index contributed by atoms with van der Waals surface area (Å²) in [5.74, 6) is 0.787. The van der Waals surface area contributed by atoms with E-state index in [2.05, 4.69) is 48.9 Å². The molecule has 6 heteroatoms.